The number of nitrogens with one attached hydrogen (secondary N) is 1. The molecule has 1 unspecified atom stereocenters. The maximum Gasteiger partial charge on any atom is 0.327 e. The molecule has 0 aliphatic heterocycles. The normalized spacial score (nSPS) is 12.5. The third-order valence-electron chi connectivity index (χ3n) is 2.81. The summed E-state index contributed by atoms with van der Waals surface area (Å²) in [5, 5.41) is 3.26. The number of carbonyl (C=O) groups is 1. The molecule has 0 saturated heterocycles. The molecule has 0 radical (unpaired) electrons. The van der Waals surface area contributed by atoms with Crippen LogP contribution in [0.15, 0.2) is 24.3 Å². The van der Waals surface area contributed by atoms with Gasteiger partial charge in [-0.1, -0.05) is 29.8 Å². The molecule has 0 bridgehead atoms. The number of benzene rings is 1. The molecule has 4 nitrogen and oxygen atoms in total. The van der Waals surface area contributed by atoms with E-state index in [-0.39, 0.29) is 12.0 Å². The SMILES string of the molecule is CCOC(=O)C(NCCN(C)C)c1cccc(C)c1. The first-order valence-electron chi connectivity index (χ1n) is 6.66. The van der Waals surface area contributed by atoms with Crippen LogP contribution < -0.4 is 5.32 Å². The fraction of sp³-hybridized carbons (Fsp3) is 0.533. The molecule has 1 N–H and O–H groups in total. The summed E-state index contributed by atoms with van der Waals surface area (Å²) in [5.74, 6) is -0.216. The monoisotopic (exact) mass is 264 g/mol. The number of hydrogen-bond donors (Lipinski definition) is 1. The van der Waals surface area contributed by atoms with Crippen LogP contribution in [0.2, 0.25) is 0 Å². The van der Waals surface area contributed by atoms with E-state index in [0.29, 0.717) is 6.61 Å². The fourth-order valence-corrected chi connectivity index (χ4v) is 1.85. The summed E-state index contributed by atoms with van der Waals surface area (Å²) in [5.41, 5.74) is 2.10. The summed E-state index contributed by atoms with van der Waals surface area (Å²) in [6, 6.07) is 7.57. The molecule has 0 fully saturated rings. The van der Waals surface area contributed by atoms with Gasteiger partial charge in [0.15, 0.2) is 0 Å². The predicted molar refractivity (Wildman–Crippen MR) is 77.1 cm³/mol. The van der Waals surface area contributed by atoms with Crippen molar-refractivity contribution < 1.29 is 9.53 Å². The Morgan fingerprint density at radius 3 is 2.74 bits per heavy atom. The number of ether oxygens (including phenoxy) is 1. The van der Waals surface area contributed by atoms with Crippen molar-refractivity contribution in [3.63, 3.8) is 0 Å². The Morgan fingerprint density at radius 1 is 1.42 bits per heavy atom. The zero-order valence-corrected chi connectivity index (χ0v) is 12.3. The van der Waals surface area contributed by atoms with Crippen LogP contribution in [0.4, 0.5) is 0 Å². The maximum atomic E-state index is 12.0. The smallest absolute Gasteiger partial charge is 0.327 e. The van der Waals surface area contributed by atoms with Crippen molar-refractivity contribution in [3.8, 4) is 0 Å². The van der Waals surface area contributed by atoms with Crippen LogP contribution in [0.1, 0.15) is 24.1 Å². The minimum absolute atomic E-state index is 0.216. The van der Waals surface area contributed by atoms with Crippen molar-refractivity contribution in [2.24, 2.45) is 0 Å². The Labute approximate surface area is 115 Å². The van der Waals surface area contributed by atoms with Crippen LogP contribution in [-0.4, -0.2) is 44.7 Å². The molecule has 0 heterocycles. The molecule has 1 atom stereocenters. The van der Waals surface area contributed by atoms with Crippen LogP contribution in [0.3, 0.4) is 0 Å². The third-order valence-corrected chi connectivity index (χ3v) is 2.81. The lowest BCUT2D eigenvalue weighted by molar-refractivity contribution is -0.145. The highest BCUT2D eigenvalue weighted by Crippen LogP contribution is 2.16. The van der Waals surface area contributed by atoms with Gasteiger partial charge in [-0.05, 0) is 33.5 Å². The van der Waals surface area contributed by atoms with Crippen molar-refractivity contribution in [1.82, 2.24) is 10.2 Å². The minimum Gasteiger partial charge on any atom is -0.465 e. The maximum absolute atomic E-state index is 12.0. The van der Waals surface area contributed by atoms with Gasteiger partial charge < -0.3 is 9.64 Å². The Bertz CT molecular complexity index is 405. The van der Waals surface area contributed by atoms with E-state index in [1.807, 2.05) is 52.2 Å². The molecule has 106 valence electrons. The largest absolute Gasteiger partial charge is 0.465 e. The summed E-state index contributed by atoms with van der Waals surface area (Å²) < 4.78 is 5.14. The van der Waals surface area contributed by atoms with Gasteiger partial charge in [0.05, 0.1) is 6.61 Å². The Kier molecular flexibility index (Phi) is 6.53. The van der Waals surface area contributed by atoms with Crippen LogP contribution in [0, 0.1) is 6.92 Å². The molecule has 0 aliphatic rings. The zero-order valence-electron chi connectivity index (χ0n) is 12.3. The molecule has 19 heavy (non-hydrogen) atoms. The first-order chi connectivity index (χ1) is 9.04. The van der Waals surface area contributed by atoms with Crippen LogP contribution in [0.25, 0.3) is 0 Å². The third kappa shape index (κ3) is 5.41. The van der Waals surface area contributed by atoms with E-state index < -0.39 is 0 Å². The molecule has 4 heteroatoms. The lowest BCUT2D eigenvalue weighted by atomic mass is 10.0. The zero-order chi connectivity index (χ0) is 14.3. The van der Waals surface area contributed by atoms with Crippen molar-refractivity contribution in [3.05, 3.63) is 35.4 Å². The van der Waals surface area contributed by atoms with Crippen LogP contribution in [0.5, 0.6) is 0 Å². The Hall–Kier alpha value is -1.39. The molecule has 0 amide bonds. The highest BCUT2D eigenvalue weighted by atomic mass is 16.5. The van der Waals surface area contributed by atoms with Crippen molar-refractivity contribution >= 4 is 5.97 Å². The second-order valence-electron chi connectivity index (χ2n) is 4.86. The van der Waals surface area contributed by atoms with Gasteiger partial charge in [-0.2, -0.15) is 0 Å². The second-order valence-corrected chi connectivity index (χ2v) is 4.86. The van der Waals surface area contributed by atoms with Crippen molar-refractivity contribution in [2.75, 3.05) is 33.8 Å². The second kappa shape index (κ2) is 7.92. The van der Waals surface area contributed by atoms with Gasteiger partial charge >= 0.3 is 5.97 Å². The van der Waals surface area contributed by atoms with Gasteiger partial charge in [0, 0.05) is 13.1 Å². The van der Waals surface area contributed by atoms with Gasteiger partial charge in [0.1, 0.15) is 6.04 Å². The van der Waals surface area contributed by atoms with Gasteiger partial charge in [-0.25, -0.2) is 4.79 Å². The van der Waals surface area contributed by atoms with Gasteiger partial charge in [0.2, 0.25) is 0 Å². The highest BCUT2D eigenvalue weighted by Gasteiger charge is 2.21. The van der Waals surface area contributed by atoms with Gasteiger partial charge in [-0.3, -0.25) is 5.32 Å². The molecule has 1 rings (SSSR count). The molecule has 0 spiro atoms. The molecule has 1 aromatic carbocycles. The summed E-state index contributed by atoms with van der Waals surface area (Å²) in [4.78, 5) is 14.1. The van der Waals surface area contributed by atoms with Crippen LogP contribution in [-0.2, 0) is 9.53 Å². The first-order valence-corrected chi connectivity index (χ1v) is 6.66. The first kappa shape index (κ1) is 15.7. The molecule has 0 aliphatic carbocycles. The average Bonchev–Trinajstić information content (AvgIpc) is 2.34. The van der Waals surface area contributed by atoms with Crippen molar-refractivity contribution in [1.29, 1.82) is 0 Å². The van der Waals surface area contributed by atoms with E-state index in [0.717, 1.165) is 24.2 Å². The highest BCUT2D eigenvalue weighted by molar-refractivity contribution is 5.77. The van der Waals surface area contributed by atoms with Gasteiger partial charge in [-0.15, -0.1) is 0 Å². The predicted octanol–water partition coefficient (Wildman–Crippen LogP) is 1.75. The summed E-state index contributed by atoms with van der Waals surface area (Å²) in [6.45, 7) is 5.86. The van der Waals surface area contributed by atoms with E-state index in [1.54, 1.807) is 0 Å². The van der Waals surface area contributed by atoms with E-state index >= 15 is 0 Å². The van der Waals surface area contributed by atoms with Crippen molar-refractivity contribution in [2.45, 2.75) is 19.9 Å². The molecular formula is C15H24N2O2. The lowest BCUT2D eigenvalue weighted by Crippen LogP contribution is -2.35. The van der Waals surface area contributed by atoms with Gasteiger partial charge in [0.25, 0.3) is 0 Å². The van der Waals surface area contributed by atoms with E-state index in [9.17, 15) is 4.79 Å². The lowest BCUT2D eigenvalue weighted by Gasteiger charge is -2.19. The number of nitrogens with zero attached hydrogens (tertiary/aromatic N) is 1. The number of carbonyl (C=O) groups excluding carboxylic acids is 1. The molecule has 0 saturated carbocycles. The number of esters is 1. The Balaban J connectivity index is 2.77. The van der Waals surface area contributed by atoms with E-state index in [1.165, 1.54) is 0 Å². The Morgan fingerprint density at radius 2 is 2.16 bits per heavy atom. The van der Waals surface area contributed by atoms with Crippen LogP contribution >= 0.6 is 0 Å². The molecule has 1 aromatic rings. The number of rotatable bonds is 7. The number of likely N-dealkylation sites (N-methyl/N-ethyl adjacent to an activating group) is 1. The number of hydrogen-bond acceptors (Lipinski definition) is 4. The summed E-state index contributed by atoms with van der Waals surface area (Å²) in [7, 11) is 4.02. The topological polar surface area (TPSA) is 41.6 Å². The van der Waals surface area contributed by atoms with E-state index in [4.69, 9.17) is 4.74 Å². The molecular weight excluding hydrogens is 240 g/mol. The van der Waals surface area contributed by atoms with E-state index in [2.05, 4.69) is 10.2 Å². The molecule has 0 aromatic heterocycles. The fourth-order valence-electron chi connectivity index (χ4n) is 1.85. The number of aryl methyl sites for hydroxylation is 1. The summed E-state index contributed by atoms with van der Waals surface area (Å²) in [6.07, 6.45) is 0. The average molecular weight is 264 g/mol. The quantitative estimate of drug-likeness (QED) is 0.762. The standard InChI is InChI=1S/C15H24N2O2/c1-5-19-15(18)14(16-9-10-17(3)4)13-8-6-7-12(2)11-13/h6-8,11,14,16H,5,9-10H2,1-4H3. The minimum atomic E-state index is -0.389. The summed E-state index contributed by atoms with van der Waals surface area (Å²) >= 11 is 0.